The molecule has 0 spiro atoms. The molecule has 7 heteroatoms. The monoisotopic (exact) mass is 324 g/mol. The van der Waals surface area contributed by atoms with Gasteiger partial charge in [-0.15, -0.1) is 0 Å². The van der Waals surface area contributed by atoms with E-state index in [0.29, 0.717) is 24.1 Å². The maximum absolute atomic E-state index is 12.9. The predicted octanol–water partition coefficient (Wildman–Crippen LogP) is 2.84. The SMILES string of the molecule is Oc1cccnc1CC1(c2cncc(C(F)(F)F)c2)CC(O)C1. The Bertz CT molecular complexity index is 712. The van der Waals surface area contributed by atoms with Gasteiger partial charge in [0.15, 0.2) is 0 Å². The van der Waals surface area contributed by atoms with Crippen molar-refractivity contribution in [1.82, 2.24) is 9.97 Å². The second-order valence-corrected chi connectivity index (χ2v) is 5.95. The number of aliphatic hydroxyl groups is 1. The summed E-state index contributed by atoms with van der Waals surface area (Å²) in [6.45, 7) is 0. The van der Waals surface area contributed by atoms with Gasteiger partial charge in [-0.25, -0.2) is 0 Å². The first-order valence-electron chi connectivity index (χ1n) is 7.14. The molecule has 0 aromatic carbocycles. The highest BCUT2D eigenvalue weighted by molar-refractivity contribution is 5.36. The Morgan fingerprint density at radius 3 is 2.61 bits per heavy atom. The van der Waals surface area contributed by atoms with E-state index in [-0.39, 0.29) is 12.2 Å². The van der Waals surface area contributed by atoms with E-state index in [0.717, 1.165) is 12.3 Å². The van der Waals surface area contributed by atoms with Gasteiger partial charge in [-0.1, -0.05) is 0 Å². The molecule has 2 aromatic heterocycles. The number of pyridine rings is 2. The minimum absolute atomic E-state index is 0.00630. The highest BCUT2D eigenvalue weighted by Crippen LogP contribution is 2.47. The number of aromatic hydroxyl groups is 1. The third kappa shape index (κ3) is 3.01. The fourth-order valence-corrected chi connectivity index (χ4v) is 3.10. The molecule has 1 aliphatic rings. The van der Waals surface area contributed by atoms with Crippen LogP contribution in [0.2, 0.25) is 0 Å². The molecule has 0 aliphatic heterocycles. The van der Waals surface area contributed by atoms with Crippen LogP contribution in [0, 0.1) is 0 Å². The van der Waals surface area contributed by atoms with Gasteiger partial charge in [-0.05, 0) is 36.6 Å². The van der Waals surface area contributed by atoms with Crippen molar-refractivity contribution in [3.8, 4) is 5.75 Å². The number of rotatable bonds is 3. The third-order valence-corrected chi connectivity index (χ3v) is 4.30. The minimum atomic E-state index is -4.47. The zero-order chi connectivity index (χ0) is 16.7. The first-order valence-corrected chi connectivity index (χ1v) is 7.14. The highest BCUT2D eigenvalue weighted by atomic mass is 19.4. The minimum Gasteiger partial charge on any atom is -0.506 e. The van der Waals surface area contributed by atoms with Gasteiger partial charge >= 0.3 is 6.18 Å². The molecule has 2 heterocycles. The molecule has 3 rings (SSSR count). The van der Waals surface area contributed by atoms with E-state index in [4.69, 9.17) is 0 Å². The summed E-state index contributed by atoms with van der Waals surface area (Å²) in [5, 5.41) is 19.6. The number of halogens is 3. The van der Waals surface area contributed by atoms with Crippen LogP contribution in [0.1, 0.15) is 29.7 Å². The van der Waals surface area contributed by atoms with Gasteiger partial charge in [0.05, 0.1) is 17.4 Å². The zero-order valence-electron chi connectivity index (χ0n) is 12.1. The van der Waals surface area contributed by atoms with Crippen molar-refractivity contribution in [1.29, 1.82) is 0 Å². The molecule has 0 amide bonds. The normalized spacial score (nSPS) is 24.3. The van der Waals surface area contributed by atoms with Crippen LogP contribution in [0.3, 0.4) is 0 Å². The van der Waals surface area contributed by atoms with Crippen molar-refractivity contribution in [3.63, 3.8) is 0 Å². The Labute approximate surface area is 130 Å². The average Bonchev–Trinajstić information content (AvgIpc) is 2.47. The molecule has 1 saturated carbocycles. The first kappa shape index (κ1) is 15.7. The lowest BCUT2D eigenvalue weighted by atomic mass is 9.60. The maximum Gasteiger partial charge on any atom is 0.417 e. The van der Waals surface area contributed by atoms with E-state index in [1.54, 1.807) is 6.07 Å². The highest BCUT2D eigenvalue weighted by Gasteiger charge is 2.46. The molecular weight excluding hydrogens is 309 g/mol. The largest absolute Gasteiger partial charge is 0.506 e. The number of hydrogen-bond donors (Lipinski definition) is 2. The Kier molecular flexibility index (Phi) is 3.75. The molecule has 0 bridgehead atoms. The van der Waals surface area contributed by atoms with Crippen LogP contribution in [-0.2, 0) is 18.0 Å². The van der Waals surface area contributed by atoms with Gasteiger partial charge in [0.25, 0.3) is 0 Å². The van der Waals surface area contributed by atoms with Crippen LogP contribution >= 0.6 is 0 Å². The molecule has 0 saturated heterocycles. The molecular formula is C16H15F3N2O2. The van der Waals surface area contributed by atoms with E-state index in [1.807, 2.05) is 0 Å². The van der Waals surface area contributed by atoms with E-state index in [2.05, 4.69) is 9.97 Å². The topological polar surface area (TPSA) is 66.2 Å². The van der Waals surface area contributed by atoms with Gasteiger partial charge in [-0.2, -0.15) is 13.2 Å². The quantitative estimate of drug-likeness (QED) is 0.911. The maximum atomic E-state index is 12.9. The third-order valence-electron chi connectivity index (χ3n) is 4.30. The fourth-order valence-electron chi connectivity index (χ4n) is 3.10. The Morgan fingerprint density at radius 2 is 2.00 bits per heavy atom. The summed E-state index contributed by atoms with van der Waals surface area (Å²) in [5.74, 6) is -0.00630. The van der Waals surface area contributed by atoms with E-state index in [9.17, 15) is 23.4 Å². The van der Waals surface area contributed by atoms with E-state index >= 15 is 0 Å². The lowest BCUT2D eigenvalue weighted by Gasteiger charge is -2.46. The molecule has 122 valence electrons. The van der Waals surface area contributed by atoms with Crippen LogP contribution in [0.25, 0.3) is 0 Å². The molecule has 0 unspecified atom stereocenters. The molecule has 1 fully saturated rings. The van der Waals surface area contributed by atoms with Crippen LogP contribution in [0.5, 0.6) is 5.75 Å². The summed E-state index contributed by atoms with van der Waals surface area (Å²) in [6, 6.07) is 4.13. The number of hydrogen-bond acceptors (Lipinski definition) is 4. The lowest BCUT2D eigenvalue weighted by molar-refractivity contribution is -0.138. The van der Waals surface area contributed by atoms with Crippen molar-refractivity contribution in [2.45, 2.75) is 37.0 Å². The summed E-state index contributed by atoms with van der Waals surface area (Å²) in [5.41, 5.74) is -0.708. The molecule has 2 N–H and O–H groups in total. The number of aromatic nitrogens is 2. The van der Waals surface area contributed by atoms with Crippen LogP contribution in [0.15, 0.2) is 36.8 Å². The van der Waals surface area contributed by atoms with E-state index < -0.39 is 23.3 Å². The van der Waals surface area contributed by atoms with Gasteiger partial charge in [0.1, 0.15) is 5.75 Å². The summed E-state index contributed by atoms with van der Waals surface area (Å²) in [6.07, 6.45) is -0.485. The van der Waals surface area contributed by atoms with Crippen molar-refractivity contribution in [3.05, 3.63) is 53.6 Å². The van der Waals surface area contributed by atoms with Crippen molar-refractivity contribution in [2.75, 3.05) is 0 Å². The Balaban J connectivity index is 1.98. The number of alkyl halides is 3. The second-order valence-electron chi connectivity index (χ2n) is 5.95. The Morgan fingerprint density at radius 1 is 1.26 bits per heavy atom. The molecule has 0 atom stereocenters. The summed E-state index contributed by atoms with van der Waals surface area (Å²) in [7, 11) is 0. The van der Waals surface area contributed by atoms with Crippen LogP contribution in [0.4, 0.5) is 13.2 Å². The van der Waals surface area contributed by atoms with Crippen molar-refractivity contribution in [2.24, 2.45) is 0 Å². The summed E-state index contributed by atoms with van der Waals surface area (Å²) < 4.78 is 38.7. The first-order chi connectivity index (χ1) is 10.8. The van der Waals surface area contributed by atoms with Crippen molar-refractivity contribution < 1.29 is 23.4 Å². The van der Waals surface area contributed by atoms with Crippen LogP contribution < -0.4 is 0 Å². The van der Waals surface area contributed by atoms with Gasteiger partial charge in [0.2, 0.25) is 0 Å². The van der Waals surface area contributed by atoms with E-state index in [1.165, 1.54) is 18.5 Å². The van der Waals surface area contributed by atoms with Gasteiger partial charge in [-0.3, -0.25) is 9.97 Å². The summed E-state index contributed by atoms with van der Waals surface area (Å²) in [4.78, 5) is 7.80. The standard InChI is InChI=1S/C16H15F3N2O2/c17-16(18,19)11-4-10(8-20-9-11)15(5-12(22)6-15)7-13-14(23)2-1-3-21-13/h1-4,8-9,12,22-23H,5-7H2. The van der Waals surface area contributed by atoms with Gasteiger partial charge < -0.3 is 10.2 Å². The number of aliphatic hydroxyl groups excluding tert-OH is 1. The molecule has 0 radical (unpaired) electrons. The predicted molar refractivity (Wildman–Crippen MR) is 75.8 cm³/mol. The lowest BCUT2D eigenvalue weighted by Crippen LogP contribution is -2.46. The number of nitrogens with zero attached hydrogens (tertiary/aromatic N) is 2. The average molecular weight is 324 g/mol. The van der Waals surface area contributed by atoms with Gasteiger partial charge in [0, 0.05) is 30.4 Å². The van der Waals surface area contributed by atoms with Crippen molar-refractivity contribution >= 4 is 0 Å². The molecule has 23 heavy (non-hydrogen) atoms. The smallest absolute Gasteiger partial charge is 0.417 e. The molecule has 4 nitrogen and oxygen atoms in total. The summed E-state index contributed by atoms with van der Waals surface area (Å²) >= 11 is 0. The molecule has 1 aliphatic carbocycles. The second kappa shape index (κ2) is 5.49. The molecule has 2 aromatic rings. The Hall–Kier alpha value is -2.15. The van der Waals surface area contributed by atoms with Crippen LogP contribution in [-0.4, -0.2) is 26.3 Å². The fraction of sp³-hybridized carbons (Fsp3) is 0.375. The zero-order valence-corrected chi connectivity index (χ0v) is 12.1.